The van der Waals surface area contributed by atoms with Gasteiger partial charge >= 0.3 is 0 Å². The van der Waals surface area contributed by atoms with Gasteiger partial charge in [0.15, 0.2) is 6.61 Å². The van der Waals surface area contributed by atoms with Gasteiger partial charge in [0, 0.05) is 17.6 Å². The standard InChI is InChI=1S/C23H28Cl2N2O3/c1-4-16(3)26-23(29)20(5-2)27(14-17-10-12-18(24)13-11-17)22(28)15-30-21-9-7-6-8-19(21)25/h6-13,16,20H,4-5,14-15H2,1-3H3,(H,26,29). The molecule has 7 heteroatoms. The molecule has 0 aromatic heterocycles. The summed E-state index contributed by atoms with van der Waals surface area (Å²) in [6.07, 6.45) is 1.29. The van der Waals surface area contributed by atoms with Crippen LogP contribution < -0.4 is 10.1 Å². The molecule has 0 aliphatic heterocycles. The highest BCUT2D eigenvalue weighted by atomic mass is 35.5. The second-order valence-electron chi connectivity index (χ2n) is 7.11. The molecule has 0 radical (unpaired) electrons. The van der Waals surface area contributed by atoms with Crippen molar-refractivity contribution in [2.24, 2.45) is 0 Å². The molecule has 2 atom stereocenters. The maximum Gasteiger partial charge on any atom is 0.261 e. The quantitative estimate of drug-likeness (QED) is 0.547. The fourth-order valence-electron chi connectivity index (χ4n) is 2.93. The van der Waals surface area contributed by atoms with Crippen molar-refractivity contribution in [2.45, 2.75) is 52.2 Å². The van der Waals surface area contributed by atoms with Crippen molar-refractivity contribution in [2.75, 3.05) is 6.61 Å². The van der Waals surface area contributed by atoms with E-state index in [0.29, 0.717) is 22.2 Å². The fourth-order valence-corrected chi connectivity index (χ4v) is 3.25. The molecule has 0 spiro atoms. The van der Waals surface area contributed by atoms with E-state index < -0.39 is 6.04 Å². The lowest BCUT2D eigenvalue weighted by atomic mass is 10.1. The molecule has 5 nitrogen and oxygen atoms in total. The van der Waals surface area contributed by atoms with E-state index in [0.717, 1.165) is 12.0 Å². The van der Waals surface area contributed by atoms with E-state index in [1.54, 1.807) is 41.3 Å². The second-order valence-corrected chi connectivity index (χ2v) is 7.95. The molecule has 0 heterocycles. The lowest BCUT2D eigenvalue weighted by Gasteiger charge is -2.31. The zero-order chi connectivity index (χ0) is 22.1. The van der Waals surface area contributed by atoms with Gasteiger partial charge in [-0.05, 0) is 49.6 Å². The number of hydrogen-bond acceptors (Lipinski definition) is 3. The van der Waals surface area contributed by atoms with Crippen LogP contribution in [0.3, 0.4) is 0 Å². The third kappa shape index (κ3) is 6.92. The molecule has 0 fully saturated rings. The minimum Gasteiger partial charge on any atom is -0.482 e. The summed E-state index contributed by atoms with van der Waals surface area (Å²) in [5, 5.41) is 4.02. The van der Waals surface area contributed by atoms with Gasteiger partial charge < -0.3 is 15.0 Å². The highest BCUT2D eigenvalue weighted by molar-refractivity contribution is 6.32. The van der Waals surface area contributed by atoms with Gasteiger partial charge in [0.25, 0.3) is 5.91 Å². The Hall–Kier alpha value is -2.24. The predicted octanol–water partition coefficient (Wildman–Crippen LogP) is 5.09. The average Bonchev–Trinajstić information content (AvgIpc) is 2.74. The third-order valence-electron chi connectivity index (χ3n) is 4.84. The molecule has 2 aromatic carbocycles. The molecule has 0 bridgehead atoms. The van der Waals surface area contributed by atoms with Gasteiger partial charge in [-0.1, -0.05) is 61.3 Å². The molecule has 0 saturated heterocycles. The Morgan fingerprint density at radius 3 is 2.30 bits per heavy atom. The van der Waals surface area contributed by atoms with Gasteiger partial charge in [-0.3, -0.25) is 9.59 Å². The number of ether oxygens (including phenoxy) is 1. The largest absolute Gasteiger partial charge is 0.482 e. The number of nitrogens with one attached hydrogen (secondary N) is 1. The van der Waals surface area contributed by atoms with Gasteiger partial charge in [-0.15, -0.1) is 0 Å². The Morgan fingerprint density at radius 1 is 1.03 bits per heavy atom. The summed E-state index contributed by atoms with van der Waals surface area (Å²) in [4.78, 5) is 27.5. The van der Waals surface area contributed by atoms with Gasteiger partial charge in [0.1, 0.15) is 11.8 Å². The fraction of sp³-hybridized carbons (Fsp3) is 0.391. The van der Waals surface area contributed by atoms with Crippen LogP contribution in [0.25, 0.3) is 0 Å². The Morgan fingerprint density at radius 2 is 1.70 bits per heavy atom. The highest BCUT2D eigenvalue weighted by Crippen LogP contribution is 2.23. The minimum atomic E-state index is -0.614. The number of halogens is 2. The summed E-state index contributed by atoms with van der Waals surface area (Å²) >= 11 is 12.1. The molecule has 2 unspecified atom stereocenters. The van der Waals surface area contributed by atoms with Gasteiger partial charge in [0.2, 0.25) is 5.91 Å². The van der Waals surface area contributed by atoms with Crippen molar-refractivity contribution in [3.63, 3.8) is 0 Å². The van der Waals surface area contributed by atoms with Gasteiger partial charge in [-0.2, -0.15) is 0 Å². The first kappa shape index (κ1) is 24.0. The normalized spacial score (nSPS) is 12.7. The SMILES string of the molecule is CCC(C)NC(=O)C(CC)N(Cc1ccc(Cl)cc1)C(=O)COc1ccccc1Cl. The first-order valence-electron chi connectivity index (χ1n) is 10.1. The molecule has 1 N–H and O–H groups in total. The van der Waals surface area contributed by atoms with Crippen LogP contribution in [0.4, 0.5) is 0 Å². The summed E-state index contributed by atoms with van der Waals surface area (Å²) < 4.78 is 5.64. The van der Waals surface area contributed by atoms with Crippen LogP contribution in [-0.2, 0) is 16.1 Å². The lowest BCUT2D eigenvalue weighted by molar-refractivity contribution is -0.143. The zero-order valence-electron chi connectivity index (χ0n) is 17.5. The molecular weight excluding hydrogens is 423 g/mol. The molecule has 162 valence electrons. The summed E-state index contributed by atoms with van der Waals surface area (Å²) in [5.41, 5.74) is 0.875. The smallest absolute Gasteiger partial charge is 0.261 e. The van der Waals surface area contributed by atoms with Crippen molar-refractivity contribution in [1.82, 2.24) is 10.2 Å². The Labute approximate surface area is 188 Å². The van der Waals surface area contributed by atoms with Crippen LogP contribution in [0.2, 0.25) is 10.0 Å². The molecule has 30 heavy (non-hydrogen) atoms. The molecule has 2 aromatic rings. The number of carbonyl (C=O) groups excluding carboxylic acids is 2. The van der Waals surface area contributed by atoms with Gasteiger partial charge in [-0.25, -0.2) is 0 Å². The maximum atomic E-state index is 13.1. The lowest BCUT2D eigenvalue weighted by Crippen LogP contribution is -2.51. The second kappa shape index (κ2) is 11.8. The van der Waals surface area contributed by atoms with E-state index in [1.807, 2.05) is 32.9 Å². The van der Waals surface area contributed by atoms with E-state index in [-0.39, 0.29) is 31.0 Å². The van der Waals surface area contributed by atoms with E-state index in [2.05, 4.69) is 5.32 Å². The summed E-state index contributed by atoms with van der Waals surface area (Å²) in [7, 11) is 0. The van der Waals surface area contributed by atoms with Crippen LogP contribution in [0, 0.1) is 0 Å². The van der Waals surface area contributed by atoms with Crippen molar-refractivity contribution >= 4 is 35.0 Å². The number of nitrogens with zero attached hydrogens (tertiary/aromatic N) is 1. The van der Waals surface area contributed by atoms with Crippen LogP contribution in [0.5, 0.6) is 5.75 Å². The molecule has 0 aliphatic carbocycles. The number of hydrogen-bond donors (Lipinski definition) is 1. The predicted molar refractivity (Wildman–Crippen MR) is 121 cm³/mol. The van der Waals surface area contributed by atoms with E-state index >= 15 is 0 Å². The first-order valence-corrected chi connectivity index (χ1v) is 10.8. The average molecular weight is 451 g/mol. The first-order chi connectivity index (χ1) is 14.3. The van der Waals surface area contributed by atoms with Crippen molar-refractivity contribution < 1.29 is 14.3 Å². The van der Waals surface area contributed by atoms with E-state index in [4.69, 9.17) is 27.9 Å². The van der Waals surface area contributed by atoms with Crippen LogP contribution in [0.15, 0.2) is 48.5 Å². The van der Waals surface area contributed by atoms with Crippen LogP contribution in [0.1, 0.15) is 39.2 Å². The van der Waals surface area contributed by atoms with Crippen molar-refractivity contribution in [3.8, 4) is 5.75 Å². The summed E-state index contributed by atoms with van der Waals surface area (Å²) in [6.45, 7) is 5.88. The van der Waals surface area contributed by atoms with Crippen molar-refractivity contribution in [1.29, 1.82) is 0 Å². The van der Waals surface area contributed by atoms with Gasteiger partial charge in [0.05, 0.1) is 5.02 Å². The molecule has 0 saturated carbocycles. The van der Waals surface area contributed by atoms with E-state index in [1.165, 1.54) is 0 Å². The summed E-state index contributed by atoms with van der Waals surface area (Å²) in [6, 6.07) is 13.6. The number of carbonyl (C=O) groups is 2. The zero-order valence-corrected chi connectivity index (χ0v) is 19.0. The topological polar surface area (TPSA) is 58.6 Å². The number of rotatable bonds is 10. The van der Waals surface area contributed by atoms with Crippen LogP contribution in [-0.4, -0.2) is 35.4 Å². The number of amides is 2. The molecule has 2 amide bonds. The Kier molecular flexibility index (Phi) is 9.47. The Bertz CT molecular complexity index is 843. The summed E-state index contributed by atoms with van der Waals surface area (Å²) in [5.74, 6) is -0.0426. The minimum absolute atomic E-state index is 0.0263. The monoisotopic (exact) mass is 450 g/mol. The number of benzene rings is 2. The molecular formula is C23H28Cl2N2O3. The van der Waals surface area contributed by atoms with Crippen LogP contribution >= 0.6 is 23.2 Å². The number of para-hydroxylation sites is 1. The Balaban J connectivity index is 2.21. The molecule has 2 rings (SSSR count). The molecule has 0 aliphatic rings. The third-order valence-corrected chi connectivity index (χ3v) is 5.41. The van der Waals surface area contributed by atoms with Crippen molar-refractivity contribution in [3.05, 3.63) is 64.1 Å². The highest BCUT2D eigenvalue weighted by Gasteiger charge is 2.29. The maximum absolute atomic E-state index is 13.1. The van der Waals surface area contributed by atoms with E-state index in [9.17, 15) is 9.59 Å².